The van der Waals surface area contributed by atoms with Gasteiger partial charge in [0.05, 0.1) is 18.6 Å². The molecule has 2 aliphatic heterocycles. The number of rotatable bonds is 5. The lowest BCUT2D eigenvalue weighted by Crippen LogP contribution is -2.52. The molecule has 0 saturated carbocycles. The number of epoxide rings is 2. The third kappa shape index (κ3) is 2.39. The topological polar surface area (TPSA) is 51.4 Å². The fourth-order valence-corrected chi connectivity index (χ4v) is 3.91. The zero-order valence-corrected chi connectivity index (χ0v) is 13.6. The molecule has 2 heterocycles. The Morgan fingerprint density at radius 2 is 2.19 bits per heavy atom. The van der Waals surface area contributed by atoms with Crippen molar-refractivity contribution in [3.8, 4) is 0 Å². The number of Topliss-reactive ketones (excluding diaryl/α,β-unsaturated/α-hetero) is 1. The van der Waals surface area contributed by atoms with E-state index in [4.69, 9.17) is 14.2 Å². The van der Waals surface area contributed by atoms with E-state index in [1.807, 2.05) is 13.9 Å². The van der Waals surface area contributed by atoms with Crippen LogP contribution in [0.25, 0.3) is 0 Å². The Morgan fingerprint density at radius 3 is 2.71 bits per heavy atom. The van der Waals surface area contributed by atoms with Gasteiger partial charge < -0.3 is 14.2 Å². The van der Waals surface area contributed by atoms with Crippen LogP contribution in [0.5, 0.6) is 0 Å². The Labute approximate surface area is 127 Å². The summed E-state index contributed by atoms with van der Waals surface area (Å²) in [6.07, 6.45) is 3.92. The predicted octanol–water partition coefficient (Wildman–Crippen LogP) is 1.08. The molecule has 5 atom stereocenters. The van der Waals surface area contributed by atoms with Crippen molar-refractivity contribution < 1.29 is 19.0 Å². The van der Waals surface area contributed by atoms with E-state index in [2.05, 4.69) is 20.8 Å². The molecular weight excluding hydrogens is 267 g/mol. The molecule has 1 spiro atoms. The van der Waals surface area contributed by atoms with Crippen LogP contribution in [0.1, 0.15) is 33.6 Å². The number of carbonyl (C=O) groups excluding carboxylic acids is 1. The molecule has 116 valence electrons. The van der Waals surface area contributed by atoms with Crippen LogP contribution >= 0.6 is 0 Å². The molecule has 0 aromatic carbocycles. The number of methoxy groups -OCH3 is 1. The summed E-state index contributed by atoms with van der Waals surface area (Å²) in [5.74, 6) is 0.698. The first kappa shape index (κ1) is 15.3. The quantitative estimate of drug-likeness (QED) is 0.562. The second kappa shape index (κ2) is 4.93. The van der Waals surface area contributed by atoms with Gasteiger partial charge >= 0.3 is 0 Å². The van der Waals surface area contributed by atoms with E-state index in [-0.39, 0.29) is 29.0 Å². The first-order valence-corrected chi connectivity index (χ1v) is 7.92. The van der Waals surface area contributed by atoms with Crippen molar-refractivity contribution in [3.05, 3.63) is 11.5 Å². The molecule has 3 rings (SSSR count). The van der Waals surface area contributed by atoms with Crippen LogP contribution in [-0.4, -0.2) is 50.8 Å². The van der Waals surface area contributed by atoms with Gasteiger partial charge in [-0.25, -0.2) is 0 Å². The third-order valence-electron chi connectivity index (χ3n) is 5.27. The van der Waals surface area contributed by atoms with Gasteiger partial charge in [-0.1, -0.05) is 19.9 Å². The molecule has 2 saturated heterocycles. The Balaban J connectivity index is 1.82. The molecule has 4 nitrogen and oxygen atoms in total. The average Bonchev–Trinajstić information content (AvgIpc) is 3.31. The Morgan fingerprint density at radius 1 is 1.52 bits per heavy atom. The number of carbonyl (C=O) groups is 1. The highest BCUT2D eigenvalue weighted by Crippen LogP contribution is 2.57. The summed E-state index contributed by atoms with van der Waals surface area (Å²) in [6, 6.07) is 0. The van der Waals surface area contributed by atoms with Crippen LogP contribution in [0, 0.1) is 11.8 Å². The molecular formula is C16H25BO4. The third-order valence-corrected chi connectivity index (χ3v) is 5.27. The van der Waals surface area contributed by atoms with Gasteiger partial charge in [0.15, 0.2) is 5.78 Å². The molecule has 2 fully saturated rings. The number of hydrogen-bond donors (Lipinski definition) is 0. The molecule has 0 N–H and O–H groups in total. The van der Waals surface area contributed by atoms with Crippen LogP contribution < -0.4 is 0 Å². The summed E-state index contributed by atoms with van der Waals surface area (Å²) < 4.78 is 17.3. The lowest BCUT2D eigenvalue weighted by atomic mass is 9.66. The van der Waals surface area contributed by atoms with Crippen molar-refractivity contribution in [2.75, 3.05) is 13.7 Å². The van der Waals surface area contributed by atoms with Gasteiger partial charge in [0.1, 0.15) is 25.2 Å². The molecule has 3 aliphatic rings. The summed E-state index contributed by atoms with van der Waals surface area (Å²) in [6.45, 7) is 7.22. The summed E-state index contributed by atoms with van der Waals surface area (Å²) in [5.41, 5.74) is 0.0948. The molecule has 1 unspecified atom stereocenters. The molecule has 0 aromatic heterocycles. The Bertz CT molecular complexity index is 483. The summed E-state index contributed by atoms with van der Waals surface area (Å²) in [4.78, 5) is 12.4. The fraction of sp³-hybridized carbons (Fsp3) is 0.812. The van der Waals surface area contributed by atoms with Crippen LogP contribution in [0.2, 0.25) is 0 Å². The minimum Gasteiger partial charge on any atom is -0.373 e. The van der Waals surface area contributed by atoms with Gasteiger partial charge in [0.25, 0.3) is 0 Å². The zero-order chi connectivity index (χ0) is 15.4. The largest absolute Gasteiger partial charge is 0.373 e. The molecule has 21 heavy (non-hydrogen) atoms. The highest BCUT2D eigenvalue weighted by atomic mass is 16.6. The average molecular weight is 292 g/mol. The molecule has 5 heteroatoms. The SMILES string of the molecule is BC1=C[C@]2(CO2)[C@@H](C2(C)O[C@@H]2CCC(C)C)[C@H](OC)C1=O. The number of ketones is 1. The van der Waals surface area contributed by atoms with Crippen molar-refractivity contribution in [3.63, 3.8) is 0 Å². The molecule has 0 bridgehead atoms. The van der Waals surface area contributed by atoms with E-state index in [9.17, 15) is 4.79 Å². The van der Waals surface area contributed by atoms with Gasteiger partial charge in [-0.15, -0.1) is 0 Å². The minimum atomic E-state index is -0.452. The lowest BCUT2D eigenvalue weighted by molar-refractivity contribution is -0.132. The highest BCUT2D eigenvalue weighted by molar-refractivity contribution is 6.38. The highest BCUT2D eigenvalue weighted by Gasteiger charge is 2.71. The Hall–Kier alpha value is -0.645. The maximum atomic E-state index is 12.4. The molecule has 0 aromatic rings. The van der Waals surface area contributed by atoms with Crippen LogP contribution in [0.3, 0.4) is 0 Å². The zero-order valence-electron chi connectivity index (χ0n) is 13.6. The van der Waals surface area contributed by atoms with E-state index < -0.39 is 6.10 Å². The van der Waals surface area contributed by atoms with E-state index in [0.29, 0.717) is 12.5 Å². The second-order valence-corrected chi connectivity index (χ2v) is 7.33. The smallest absolute Gasteiger partial charge is 0.178 e. The molecule has 0 amide bonds. The predicted molar refractivity (Wildman–Crippen MR) is 82.0 cm³/mol. The van der Waals surface area contributed by atoms with Crippen LogP contribution in [0.4, 0.5) is 0 Å². The van der Waals surface area contributed by atoms with Crippen molar-refractivity contribution in [1.82, 2.24) is 0 Å². The van der Waals surface area contributed by atoms with Crippen LogP contribution in [0.15, 0.2) is 11.5 Å². The minimum absolute atomic E-state index is 0.0386. The van der Waals surface area contributed by atoms with Gasteiger partial charge in [-0.2, -0.15) is 0 Å². The monoisotopic (exact) mass is 292 g/mol. The normalized spacial score (nSPS) is 45.1. The Kier molecular flexibility index (Phi) is 3.58. The maximum absolute atomic E-state index is 12.4. The van der Waals surface area contributed by atoms with Gasteiger partial charge in [0, 0.05) is 7.11 Å². The molecule has 0 radical (unpaired) electrons. The van der Waals surface area contributed by atoms with Crippen LogP contribution in [-0.2, 0) is 19.0 Å². The van der Waals surface area contributed by atoms with Crippen molar-refractivity contribution >= 4 is 13.6 Å². The van der Waals surface area contributed by atoms with Gasteiger partial charge in [-0.05, 0) is 31.2 Å². The van der Waals surface area contributed by atoms with Gasteiger partial charge in [0.2, 0.25) is 0 Å². The lowest BCUT2D eigenvalue weighted by Gasteiger charge is -2.36. The van der Waals surface area contributed by atoms with E-state index in [1.54, 1.807) is 7.11 Å². The molecule has 1 aliphatic carbocycles. The van der Waals surface area contributed by atoms with E-state index >= 15 is 0 Å². The number of hydrogen-bond acceptors (Lipinski definition) is 4. The summed E-state index contributed by atoms with van der Waals surface area (Å²) >= 11 is 0. The van der Waals surface area contributed by atoms with E-state index in [1.165, 1.54) is 0 Å². The fourth-order valence-electron chi connectivity index (χ4n) is 3.91. The van der Waals surface area contributed by atoms with Crippen molar-refractivity contribution in [2.24, 2.45) is 11.8 Å². The maximum Gasteiger partial charge on any atom is 0.178 e. The van der Waals surface area contributed by atoms with Crippen molar-refractivity contribution in [1.29, 1.82) is 0 Å². The standard InChI is InChI=1S/C16H25BO4/c1-9(2)5-6-11-15(3,21-11)14-13(19-4)12(18)10(17)7-16(14)8-20-16/h7,9,11,13-14H,5-6,8,17H2,1-4H3/t11-,13-,14-,15?,16+/m1/s1. The number of ether oxygens (including phenoxy) is 3. The summed E-state index contributed by atoms with van der Waals surface area (Å²) in [5, 5.41) is 0. The van der Waals surface area contributed by atoms with E-state index in [0.717, 1.165) is 18.3 Å². The first-order valence-electron chi connectivity index (χ1n) is 7.92. The van der Waals surface area contributed by atoms with Crippen molar-refractivity contribution in [2.45, 2.75) is 57.0 Å². The second-order valence-electron chi connectivity index (χ2n) is 7.33. The van der Waals surface area contributed by atoms with Gasteiger partial charge in [-0.3, -0.25) is 4.79 Å². The summed E-state index contributed by atoms with van der Waals surface area (Å²) in [7, 11) is 3.46. The first-order chi connectivity index (χ1) is 9.84.